The standard InChI is InChI=1S/C20H19NO4/c1-2-15-7-9-16(10-8-15)25-14-13-24-12-11-21-19(22)17-5-3-4-6-18(17)20(21)23/h2-10H,1,11-14H2. The van der Waals surface area contributed by atoms with E-state index in [1.54, 1.807) is 30.3 Å². The summed E-state index contributed by atoms with van der Waals surface area (Å²) in [5.74, 6) is 0.236. The van der Waals surface area contributed by atoms with Crippen LogP contribution in [0.15, 0.2) is 55.1 Å². The molecule has 0 atom stereocenters. The molecule has 0 aromatic heterocycles. The van der Waals surface area contributed by atoms with Crippen molar-refractivity contribution in [3.63, 3.8) is 0 Å². The number of nitrogens with zero attached hydrogens (tertiary/aromatic N) is 1. The summed E-state index contributed by atoms with van der Waals surface area (Å²) >= 11 is 0. The number of ether oxygens (including phenoxy) is 2. The molecule has 0 N–H and O–H groups in total. The number of amides is 2. The van der Waals surface area contributed by atoms with Gasteiger partial charge in [-0.05, 0) is 29.8 Å². The Morgan fingerprint density at radius 1 is 0.880 bits per heavy atom. The first kappa shape index (κ1) is 16.9. The van der Waals surface area contributed by atoms with Gasteiger partial charge in [-0.25, -0.2) is 0 Å². The van der Waals surface area contributed by atoms with Crippen molar-refractivity contribution < 1.29 is 19.1 Å². The molecule has 2 amide bonds. The van der Waals surface area contributed by atoms with Gasteiger partial charge in [-0.15, -0.1) is 0 Å². The van der Waals surface area contributed by atoms with Crippen molar-refractivity contribution in [1.29, 1.82) is 0 Å². The summed E-state index contributed by atoms with van der Waals surface area (Å²) in [6.45, 7) is 5.00. The van der Waals surface area contributed by atoms with E-state index in [2.05, 4.69) is 6.58 Å². The van der Waals surface area contributed by atoms with Gasteiger partial charge in [0.1, 0.15) is 12.4 Å². The van der Waals surface area contributed by atoms with Gasteiger partial charge in [0, 0.05) is 0 Å². The van der Waals surface area contributed by atoms with Crippen LogP contribution in [0, 0.1) is 0 Å². The van der Waals surface area contributed by atoms with Crippen LogP contribution < -0.4 is 4.74 Å². The highest BCUT2D eigenvalue weighted by molar-refractivity contribution is 6.21. The minimum atomic E-state index is -0.261. The Labute approximate surface area is 146 Å². The molecule has 1 heterocycles. The Bertz CT molecular complexity index is 748. The SMILES string of the molecule is C=Cc1ccc(OCCOCCN2C(=O)c3ccccc3C2=O)cc1. The predicted octanol–water partition coefficient (Wildman–Crippen LogP) is 3.02. The van der Waals surface area contributed by atoms with Crippen molar-refractivity contribution in [3.8, 4) is 5.75 Å². The van der Waals surface area contributed by atoms with Gasteiger partial charge in [0.05, 0.1) is 30.9 Å². The van der Waals surface area contributed by atoms with Gasteiger partial charge in [-0.1, -0.05) is 36.9 Å². The zero-order valence-corrected chi connectivity index (χ0v) is 13.8. The summed E-state index contributed by atoms with van der Waals surface area (Å²) in [5.41, 5.74) is 1.95. The second kappa shape index (κ2) is 7.77. The van der Waals surface area contributed by atoms with Crippen LogP contribution in [0.25, 0.3) is 6.08 Å². The van der Waals surface area contributed by atoms with Crippen LogP contribution in [0.4, 0.5) is 0 Å². The molecule has 0 saturated heterocycles. The number of carbonyl (C=O) groups is 2. The average Bonchev–Trinajstić information content (AvgIpc) is 2.90. The molecule has 2 aromatic rings. The van der Waals surface area contributed by atoms with E-state index in [0.717, 1.165) is 11.3 Å². The van der Waals surface area contributed by atoms with Crippen LogP contribution in [0.1, 0.15) is 26.3 Å². The molecular weight excluding hydrogens is 318 g/mol. The third kappa shape index (κ3) is 3.78. The highest BCUT2D eigenvalue weighted by Crippen LogP contribution is 2.21. The summed E-state index contributed by atoms with van der Waals surface area (Å²) in [7, 11) is 0. The van der Waals surface area contributed by atoms with Crippen molar-refractivity contribution in [2.75, 3.05) is 26.4 Å². The first-order valence-electron chi connectivity index (χ1n) is 8.09. The van der Waals surface area contributed by atoms with E-state index in [1.807, 2.05) is 24.3 Å². The Morgan fingerprint density at radius 3 is 2.12 bits per heavy atom. The molecule has 25 heavy (non-hydrogen) atoms. The van der Waals surface area contributed by atoms with E-state index in [9.17, 15) is 9.59 Å². The van der Waals surface area contributed by atoms with Crippen molar-refractivity contribution in [2.45, 2.75) is 0 Å². The van der Waals surface area contributed by atoms with E-state index in [1.165, 1.54) is 4.90 Å². The largest absolute Gasteiger partial charge is 0.491 e. The van der Waals surface area contributed by atoms with Crippen LogP contribution in [0.3, 0.4) is 0 Å². The third-order valence-corrected chi connectivity index (χ3v) is 3.95. The number of benzene rings is 2. The van der Waals surface area contributed by atoms with Gasteiger partial charge in [-0.3, -0.25) is 14.5 Å². The number of hydrogen-bond donors (Lipinski definition) is 0. The van der Waals surface area contributed by atoms with Crippen LogP contribution in [-0.4, -0.2) is 43.1 Å². The molecule has 0 radical (unpaired) electrons. The third-order valence-electron chi connectivity index (χ3n) is 3.95. The fraction of sp³-hybridized carbons (Fsp3) is 0.200. The quantitative estimate of drug-likeness (QED) is 0.549. The van der Waals surface area contributed by atoms with Gasteiger partial charge < -0.3 is 9.47 Å². The fourth-order valence-electron chi connectivity index (χ4n) is 2.62. The molecule has 1 aliphatic heterocycles. The molecule has 3 rings (SSSR count). The molecule has 0 unspecified atom stereocenters. The van der Waals surface area contributed by atoms with Crippen molar-refractivity contribution in [1.82, 2.24) is 4.90 Å². The zero-order valence-electron chi connectivity index (χ0n) is 13.8. The van der Waals surface area contributed by atoms with Crippen LogP contribution in [0.5, 0.6) is 5.75 Å². The summed E-state index contributed by atoms with van der Waals surface area (Å²) in [6, 6.07) is 14.4. The van der Waals surface area contributed by atoms with Gasteiger partial charge in [0.2, 0.25) is 0 Å². The summed E-state index contributed by atoms with van der Waals surface area (Å²) in [5, 5.41) is 0. The maximum atomic E-state index is 12.2. The minimum Gasteiger partial charge on any atom is -0.491 e. The summed E-state index contributed by atoms with van der Waals surface area (Å²) < 4.78 is 11.0. The van der Waals surface area contributed by atoms with E-state index in [0.29, 0.717) is 24.3 Å². The maximum absolute atomic E-state index is 12.2. The Morgan fingerprint density at radius 2 is 1.52 bits per heavy atom. The Kier molecular flexibility index (Phi) is 5.26. The molecular formula is C20H19NO4. The van der Waals surface area contributed by atoms with Crippen LogP contribution >= 0.6 is 0 Å². The topological polar surface area (TPSA) is 55.8 Å². The highest BCUT2D eigenvalue weighted by atomic mass is 16.5. The van der Waals surface area contributed by atoms with Crippen molar-refractivity contribution in [2.24, 2.45) is 0 Å². The van der Waals surface area contributed by atoms with Crippen molar-refractivity contribution >= 4 is 17.9 Å². The van der Waals surface area contributed by atoms with Gasteiger partial charge >= 0.3 is 0 Å². The summed E-state index contributed by atoms with van der Waals surface area (Å²) in [6.07, 6.45) is 1.77. The van der Waals surface area contributed by atoms with Gasteiger partial charge in [-0.2, -0.15) is 0 Å². The zero-order chi connectivity index (χ0) is 17.6. The van der Waals surface area contributed by atoms with E-state index >= 15 is 0 Å². The molecule has 0 aliphatic carbocycles. The lowest BCUT2D eigenvalue weighted by Crippen LogP contribution is -2.33. The summed E-state index contributed by atoms with van der Waals surface area (Å²) in [4.78, 5) is 25.6. The van der Waals surface area contributed by atoms with Gasteiger partial charge in [0.15, 0.2) is 0 Å². The second-order valence-corrected chi connectivity index (χ2v) is 5.54. The predicted molar refractivity (Wildman–Crippen MR) is 94.7 cm³/mol. The second-order valence-electron chi connectivity index (χ2n) is 5.54. The Balaban J connectivity index is 1.38. The first-order valence-corrected chi connectivity index (χ1v) is 8.09. The molecule has 5 nitrogen and oxygen atoms in total. The van der Waals surface area contributed by atoms with E-state index in [4.69, 9.17) is 9.47 Å². The normalized spacial score (nSPS) is 13.0. The molecule has 0 saturated carbocycles. The fourth-order valence-corrected chi connectivity index (χ4v) is 2.62. The molecule has 128 valence electrons. The molecule has 5 heteroatoms. The smallest absolute Gasteiger partial charge is 0.261 e. The first-order chi connectivity index (χ1) is 12.2. The van der Waals surface area contributed by atoms with Gasteiger partial charge in [0.25, 0.3) is 11.8 Å². The molecule has 1 aliphatic rings. The van der Waals surface area contributed by atoms with E-state index in [-0.39, 0.29) is 25.0 Å². The highest BCUT2D eigenvalue weighted by Gasteiger charge is 2.34. The Hall–Kier alpha value is -2.92. The lowest BCUT2D eigenvalue weighted by molar-refractivity contribution is 0.0528. The number of imide groups is 1. The van der Waals surface area contributed by atoms with Crippen LogP contribution in [0.2, 0.25) is 0 Å². The van der Waals surface area contributed by atoms with E-state index < -0.39 is 0 Å². The number of rotatable bonds is 8. The molecule has 0 spiro atoms. The van der Waals surface area contributed by atoms with Crippen molar-refractivity contribution in [3.05, 3.63) is 71.8 Å². The number of hydrogen-bond acceptors (Lipinski definition) is 4. The maximum Gasteiger partial charge on any atom is 0.261 e. The molecule has 0 fully saturated rings. The van der Waals surface area contributed by atoms with Crippen LogP contribution in [-0.2, 0) is 4.74 Å². The average molecular weight is 337 g/mol. The molecule has 2 aromatic carbocycles. The number of carbonyl (C=O) groups excluding carboxylic acids is 2. The minimum absolute atomic E-state index is 0.236. The lowest BCUT2D eigenvalue weighted by Gasteiger charge is -2.14. The monoisotopic (exact) mass is 337 g/mol. The molecule has 0 bridgehead atoms. The number of fused-ring (bicyclic) bond motifs is 1. The lowest BCUT2D eigenvalue weighted by atomic mass is 10.1.